The van der Waals surface area contributed by atoms with Crippen LogP contribution in [0.3, 0.4) is 0 Å². The third-order valence-electron chi connectivity index (χ3n) is 2.21. The Kier molecular flexibility index (Phi) is 2.73. The molecule has 0 aliphatic rings. The van der Waals surface area contributed by atoms with Gasteiger partial charge in [-0.1, -0.05) is 29.8 Å². The Morgan fingerprint density at radius 3 is 2.47 bits per heavy atom. The van der Waals surface area contributed by atoms with Crippen LogP contribution >= 0.6 is 15.9 Å². The van der Waals surface area contributed by atoms with Crippen LogP contribution in [0.1, 0.15) is 21.6 Å². The number of benzene rings is 1. The fourth-order valence-corrected chi connectivity index (χ4v) is 1.70. The zero-order valence-corrected chi connectivity index (χ0v) is 9.84. The molecule has 3 heteroatoms. The van der Waals surface area contributed by atoms with Gasteiger partial charge >= 0.3 is 0 Å². The molecule has 0 amide bonds. The lowest BCUT2D eigenvalue weighted by atomic mass is 10.1. The second kappa shape index (κ2) is 4.03. The smallest absolute Gasteiger partial charge is 0.209 e. The molecule has 2 nitrogen and oxygen atoms in total. The highest BCUT2D eigenvalue weighted by Crippen LogP contribution is 2.14. The van der Waals surface area contributed by atoms with Gasteiger partial charge in [0.2, 0.25) is 5.78 Å². The molecule has 0 aliphatic carbocycles. The summed E-state index contributed by atoms with van der Waals surface area (Å²) in [5.74, 6) is 0.0145. The Morgan fingerprint density at radius 1 is 1.27 bits per heavy atom. The van der Waals surface area contributed by atoms with Crippen molar-refractivity contribution in [3.05, 3.63) is 57.8 Å². The van der Waals surface area contributed by atoms with Crippen LogP contribution in [0, 0.1) is 6.92 Å². The van der Waals surface area contributed by atoms with E-state index in [4.69, 9.17) is 0 Å². The SMILES string of the molecule is Cc1ccc(C(=O)c2cc(Br)c[nH]2)cc1. The first-order chi connectivity index (χ1) is 7.16. The zero-order valence-electron chi connectivity index (χ0n) is 8.25. The predicted octanol–water partition coefficient (Wildman–Crippen LogP) is 3.32. The summed E-state index contributed by atoms with van der Waals surface area (Å²) in [4.78, 5) is 14.8. The number of carbonyl (C=O) groups excluding carboxylic acids is 1. The normalized spacial score (nSPS) is 10.3. The van der Waals surface area contributed by atoms with Crippen LogP contribution in [0.25, 0.3) is 0 Å². The second-order valence-corrected chi connectivity index (χ2v) is 4.34. The molecule has 1 N–H and O–H groups in total. The highest BCUT2D eigenvalue weighted by Gasteiger charge is 2.09. The van der Waals surface area contributed by atoms with E-state index in [0.717, 1.165) is 10.0 Å². The molecule has 2 aromatic rings. The highest BCUT2D eigenvalue weighted by atomic mass is 79.9. The van der Waals surface area contributed by atoms with Gasteiger partial charge in [-0.15, -0.1) is 0 Å². The van der Waals surface area contributed by atoms with Crippen LogP contribution in [0.4, 0.5) is 0 Å². The summed E-state index contributed by atoms with van der Waals surface area (Å²) < 4.78 is 0.887. The van der Waals surface area contributed by atoms with Gasteiger partial charge in [0.05, 0.1) is 5.69 Å². The van der Waals surface area contributed by atoms with Crippen molar-refractivity contribution in [2.75, 3.05) is 0 Å². The maximum atomic E-state index is 11.9. The molecule has 0 unspecified atom stereocenters. The average molecular weight is 264 g/mol. The maximum absolute atomic E-state index is 11.9. The number of hydrogen-bond donors (Lipinski definition) is 1. The number of rotatable bonds is 2. The van der Waals surface area contributed by atoms with Crippen LogP contribution in [0.15, 0.2) is 41.0 Å². The van der Waals surface area contributed by atoms with E-state index in [1.807, 2.05) is 31.2 Å². The van der Waals surface area contributed by atoms with Gasteiger partial charge in [0.25, 0.3) is 0 Å². The largest absolute Gasteiger partial charge is 0.357 e. The molecule has 0 bridgehead atoms. The maximum Gasteiger partial charge on any atom is 0.209 e. The monoisotopic (exact) mass is 263 g/mol. The molecule has 1 heterocycles. The number of carbonyl (C=O) groups is 1. The van der Waals surface area contributed by atoms with Crippen molar-refractivity contribution in [3.8, 4) is 0 Å². The minimum absolute atomic E-state index is 0.0145. The molecule has 0 atom stereocenters. The van der Waals surface area contributed by atoms with E-state index in [-0.39, 0.29) is 5.78 Å². The van der Waals surface area contributed by atoms with E-state index in [1.165, 1.54) is 0 Å². The Hall–Kier alpha value is -1.35. The molecular weight excluding hydrogens is 254 g/mol. The summed E-state index contributed by atoms with van der Waals surface area (Å²) in [5, 5.41) is 0. The summed E-state index contributed by atoms with van der Waals surface area (Å²) in [6, 6.07) is 9.33. The van der Waals surface area contributed by atoms with Crippen LogP contribution in [-0.4, -0.2) is 10.8 Å². The van der Waals surface area contributed by atoms with Crippen molar-refractivity contribution in [3.63, 3.8) is 0 Å². The number of nitrogens with one attached hydrogen (secondary N) is 1. The van der Waals surface area contributed by atoms with E-state index in [2.05, 4.69) is 20.9 Å². The molecule has 76 valence electrons. The number of aryl methyl sites for hydroxylation is 1. The standard InChI is InChI=1S/C12H10BrNO/c1-8-2-4-9(5-3-8)12(15)11-6-10(13)7-14-11/h2-7,14H,1H3. The van der Waals surface area contributed by atoms with Gasteiger partial charge in [0, 0.05) is 16.2 Å². The third-order valence-corrected chi connectivity index (χ3v) is 2.66. The van der Waals surface area contributed by atoms with Gasteiger partial charge < -0.3 is 4.98 Å². The fourth-order valence-electron chi connectivity index (χ4n) is 1.36. The van der Waals surface area contributed by atoms with E-state index >= 15 is 0 Å². The van der Waals surface area contributed by atoms with Gasteiger partial charge in [-0.2, -0.15) is 0 Å². The van der Waals surface area contributed by atoms with Crippen LogP contribution in [0.5, 0.6) is 0 Å². The zero-order chi connectivity index (χ0) is 10.8. The van der Waals surface area contributed by atoms with E-state index in [0.29, 0.717) is 11.3 Å². The molecule has 0 saturated heterocycles. The molecular formula is C12H10BrNO. The minimum Gasteiger partial charge on any atom is -0.357 e. The van der Waals surface area contributed by atoms with E-state index in [9.17, 15) is 4.79 Å². The summed E-state index contributed by atoms with van der Waals surface area (Å²) >= 11 is 3.30. The first-order valence-electron chi connectivity index (χ1n) is 4.62. The average Bonchev–Trinajstić information content (AvgIpc) is 2.65. The molecule has 0 fully saturated rings. The van der Waals surface area contributed by atoms with Gasteiger partial charge in [-0.3, -0.25) is 4.79 Å². The summed E-state index contributed by atoms with van der Waals surface area (Å²) in [6.07, 6.45) is 1.75. The highest BCUT2D eigenvalue weighted by molar-refractivity contribution is 9.10. The van der Waals surface area contributed by atoms with Gasteiger partial charge in [-0.25, -0.2) is 0 Å². The summed E-state index contributed by atoms with van der Waals surface area (Å²) in [7, 11) is 0. The summed E-state index contributed by atoms with van der Waals surface area (Å²) in [6.45, 7) is 2.00. The minimum atomic E-state index is 0.0145. The Balaban J connectivity index is 2.32. The molecule has 0 spiro atoms. The lowest BCUT2D eigenvalue weighted by Crippen LogP contribution is -2.00. The van der Waals surface area contributed by atoms with Gasteiger partial charge in [0.1, 0.15) is 0 Å². The fraction of sp³-hybridized carbons (Fsp3) is 0.0833. The lowest BCUT2D eigenvalue weighted by Gasteiger charge is -1.98. The number of aromatic amines is 1. The van der Waals surface area contributed by atoms with Crippen LogP contribution in [-0.2, 0) is 0 Å². The van der Waals surface area contributed by atoms with Crippen molar-refractivity contribution >= 4 is 21.7 Å². The predicted molar refractivity (Wildman–Crippen MR) is 63.1 cm³/mol. The van der Waals surface area contributed by atoms with Crippen molar-refractivity contribution in [1.29, 1.82) is 0 Å². The van der Waals surface area contributed by atoms with E-state index < -0.39 is 0 Å². The van der Waals surface area contributed by atoms with Crippen LogP contribution < -0.4 is 0 Å². The van der Waals surface area contributed by atoms with Crippen molar-refractivity contribution in [2.45, 2.75) is 6.92 Å². The molecule has 1 aromatic carbocycles. The molecule has 0 aliphatic heterocycles. The molecule has 1 aromatic heterocycles. The quantitative estimate of drug-likeness (QED) is 0.829. The van der Waals surface area contributed by atoms with Crippen molar-refractivity contribution < 1.29 is 4.79 Å². The Labute approximate surface area is 96.5 Å². The number of H-pyrrole nitrogens is 1. The lowest BCUT2D eigenvalue weighted by molar-refractivity contribution is 0.103. The molecule has 15 heavy (non-hydrogen) atoms. The summed E-state index contributed by atoms with van der Waals surface area (Å²) in [5.41, 5.74) is 2.46. The topological polar surface area (TPSA) is 32.9 Å². The molecule has 2 rings (SSSR count). The first kappa shape index (κ1) is 10.2. The van der Waals surface area contributed by atoms with Crippen molar-refractivity contribution in [1.82, 2.24) is 4.98 Å². The molecule has 0 saturated carbocycles. The third kappa shape index (κ3) is 2.18. The van der Waals surface area contributed by atoms with Gasteiger partial charge in [-0.05, 0) is 28.9 Å². The van der Waals surface area contributed by atoms with Gasteiger partial charge in [0.15, 0.2) is 0 Å². The van der Waals surface area contributed by atoms with E-state index in [1.54, 1.807) is 12.3 Å². The number of aromatic nitrogens is 1. The van der Waals surface area contributed by atoms with Crippen LogP contribution in [0.2, 0.25) is 0 Å². The number of ketones is 1. The second-order valence-electron chi connectivity index (χ2n) is 3.43. The molecule has 0 radical (unpaired) electrons. The Morgan fingerprint density at radius 2 is 1.93 bits per heavy atom. The number of hydrogen-bond acceptors (Lipinski definition) is 1. The Bertz CT molecular complexity index is 485. The number of halogens is 1. The first-order valence-corrected chi connectivity index (χ1v) is 5.41. The van der Waals surface area contributed by atoms with Crippen molar-refractivity contribution in [2.24, 2.45) is 0 Å².